The summed E-state index contributed by atoms with van der Waals surface area (Å²) in [4.78, 5) is 10.6. The minimum absolute atomic E-state index is 0.228. The molecule has 0 amide bonds. The Hall–Kier alpha value is -2.16. The van der Waals surface area contributed by atoms with Gasteiger partial charge in [0.15, 0.2) is 0 Å². The van der Waals surface area contributed by atoms with Crippen LogP contribution < -0.4 is 0 Å². The predicted molar refractivity (Wildman–Crippen MR) is 67.5 cm³/mol. The molecule has 3 nitrogen and oxygen atoms in total. The number of fused-ring (bicyclic) bond motifs is 2. The molecule has 2 aromatic rings. The molecule has 3 heteroatoms. The zero-order valence-corrected chi connectivity index (χ0v) is 9.17. The molecule has 0 heterocycles. The molecule has 1 unspecified atom stereocenters. The first-order valence-corrected chi connectivity index (χ1v) is 5.57. The number of nitro groups is 1. The Balaban J connectivity index is 2.13. The van der Waals surface area contributed by atoms with Crippen molar-refractivity contribution in [1.29, 1.82) is 0 Å². The Labute approximate surface area is 98.5 Å². The van der Waals surface area contributed by atoms with E-state index in [9.17, 15) is 10.1 Å². The van der Waals surface area contributed by atoms with Crippen LogP contribution in [0.15, 0.2) is 42.5 Å². The zero-order chi connectivity index (χ0) is 11.8. The third-order valence-electron chi connectivity index (χ3n) is 3.21. The van der Waals surface area contributed by atoms with Crippen molar-refractivity contribution >= 4 is 16.8 Å². The van der Waals surface area contributed by atoms with Crippen LogP contribution in [0.1, 0.15) is 11.1 Å². The summed E-state index contributed by atoms with van der Waals surface area (Å²) >= 11 is 0. The van der Waals surface area contributed by atoms with Gasteiger partial charge in [-0.3, -0.25) is 10.1 Å². The zero-order valence-electron chi connectivity index (χ0n) is 9.17. The molecule has 2 aromatic carbocycles. The maximum atomic E-state index is 10.8. The van der Waals surface area contributed by atoms with E-state index in [0.717, 1.165) is 16.5 Å². The Morgan fingerprint density at radius 2 is 1.88 bits per heavy atom. The molecule has 0 bridgehead atoms. The summed E-state index contributed by atoms with van der Waals surface area (Å²) in [5, 5.41) is 13.1. The third-order valence-corrected chi connectivity index (χ3v) is 3.21. The highest BCUT2D eigenvalue weighted by Crippen LogP contribution is 2.26. The van der Waals surface area contributed by atoms with E-state index in [2.05, 4.69) is 18.2 Å². The summed E-state index contributed by atoms with van der Waals surface area (Å²) in [5.41, 5.74) is 2.16. The fraction of sp³-hybridized carbons (Fsp3) is 0.143. The summed E-state index contributed by atoms with van der Waals surface area (Å²) in [7, 11) is 0. The fourth-order valence-electron chi connectivity index (χ4n) is 2.29. The van der Waals surface area contributed by atoms with Gasteiger partial charge in [0, 0.05) is 11.3 Å². The SMILES string of the molecule is O=[N+]([O-])C1C=Cc2cc3ccccc3cc2C1. The summed E-state index contributed by atoms with van der Waals surface area (Å²) in [6.07, 6.45) is 4.03. The molecule has 0 spiro atoms. The maximum Gasteiger partial charge on any atom is 0.235 e. The molecule has 1 atom stereocenters. The highest BCUT2D eigenvalue weighted by molar-refractivity contribution is 5.86. The van der Waals surface area contributed by atoms with E-state index in [1.807, 2.05) is 24.3 Å². The lowest BCUT2D eigenvalue weighted by molar-refractivity contribution is -0.508. The Morgan fingerprint density at radius 3 is 2.59 bits per heavy atom. The molecule has 3 rings (SSSR count). The molecule has 0 saturated carbocycles. The summed E-state index contributed by atoms with van der Waals surface area (Å²) < 4.78 is 0. The van der Waals surface area contributed by atoms with Crippen LogP contribution in [0.3, 0.4) is 0 Å². The summed E-state index contributed by atoms with van der Waals surface area (Å²) in [6, 6.07) is 11.7. The maximum absolute atomic E-state index is 10.8. The highest BCUT2D eigenvalue weighted by Gasteiger charge is 2.22. The van der Waals surface area contributed by atoms with Crippen molar-refractivity contribution in [2.45, 2.75) is 12.5 Å². The first-order valence-electron chi connectivity index (χ1n) is 5.57. The molecule has 1 aliphatic rings. The van der Waals surface area contributed by atoms with Gasteiger partial charge in [-0.05, 0) is 34.0 Å². The van der Waals surface area contributed by atoms with E-state index >= 15 is 0 Å². The molecule has 17 heavy (non-hydrogen) atoms. The topological polar surface area (TPSA) is 43.1 Å². The highest BCUT2D eigenvalue weighted by atomic mass is 16.6. The first-order chi connectivity index (χ1) is 8.24. The average Bonchev–Trinajstić information content (AvgIpc) is 2.35. The average molecular weight is 225 g/mol. The van der Waals surface area contributed by atoms with Gasteiger partial charge in [0.25, 0.3) is 0 Å². The lowest BCUT2D eigenvalue weighted by atomic mass is 9.92. The fourth-order valence-corrected chi connectivity index (χ4v) is 2.29. The molecule has 0 aliphatic heterocycles. The van der Waals surface area contributed by atoms with Crippen molar-refractivity contribution in [2.75, 3.05) is 0 Å². The molecule has 0 saturated heterocycles. The van der Waals surface area contributed by atoms with Crippen molar-refractivity contribution in [3.63, 3.8) is 0 Å². The summed E-state index contributed by atoms with van der Waals surface area (Å²) in [5.74, 6) is 0. The quantitative estimate of drug-likeness (QED) is 0.553. The molecule has 0 N–H and O–H groups in total. The minimum atomic E-state index is -0.580. The van der Waals surface area contributed by atoms with Crippen molar-refractivity contribution in [1.82, 2.24) is 0 Å². The van der Waals surface area contributed by atoms with Gasteiger partial charge in [-0.2, -0.15) is 0 Å². The smallest absolute Gasteiger partial charge is 0.235 e. The van der Waals surface area contributed by atoms with Crippen LogP contribution in [0.5, 0.6) is 0 Å². The van der Waals surface area contributed by atoms with Crippen LogP contribution >= 0.6 is 0 Å². The molecule has 0 radical (unpaired) electrons. The number of hydrogen-bond acceptors (Lipinski definition) is 2. The monoisotopic (exact) mass is 225 g/mol. The summed E-state index contributed by atoms with van der Waals surface area (Å²) in [6.45, 7) is 0. The minimum Gasteiger partial charge on any atom is -0.264 e. The normalized spacial score (nSPS) is 18.0. The molecule has 0 fully saturated rings. The van der Waals surface area contributed by atoms with Gasteiger partial charge in [0.2, 0.25) is 6.04 Å². The lowest BCUT2D eigenvalue weighted by Crippen LogP contribution is -2.22. The third kappa shape index (κ3) is 1.69. The van der Waals surface area contributed by atoms with E-state index in [1.54, 1.807) is 6.08 Å². The predicted octanol–water partition coefficient (Wildman–Crippen LogP) is 3.05. The van der Waals surface area contributed by atoms with Gasteiger partial charge in [0.05, 0.1) is 0 Å². The Morgan fingerprint density at radius 1 is 1.18 bits per heavy atom. The largest absolute Gasteiger partial charge is 0.264 e. The first kappa shape index (κ1) is 10.0. The van der Waals surface area contributed by atoms with Gasteiger partial charge < -0.3 is 0 Å². The van der Waals surface area contributed by atoms with Crippen molar-refractivity contribution in [3.8, 4) is 0 Å². The van der Waals surface area contributed by atoms with Crippen LogP contribution in [0.25, 0.3) is 16.8 Å². The standard InChI is InChI=1S/C14H11NO2/c16-15(17)14-6-5-12-7-10-3-1-2-4-11(10)8-13(12)9-14/h1-8,14H,9H2. The van der Waals surface area contributed by atoms with E-state index in [4.69, 9.17) is 0 Å². The second-order valence-electron chi connectivity index (χ2n) is 4.31. The number of rotatable bonds is 1. The Bertz CT molecular complexity index is 631. The van der Waals surface area contributed by atoms with Crippen LogP contribution in [0, 0.1) is 10.1 Å². The number of nitrogens with zero attached hydrogens (tertiary/aromatic N) is 1. The van der Waals surface area contributed by atoms with E-state index in [0.29, 0.717) is 6.42 Å². The molecular weight excluding hydrogens is 214 g/mol. The molecule has 84 valence electrons. The van der Waals surface area contributed by atoms with Crippen molar-refractivity contribution in [3.05, 3.63) is 63.7 Å². The van der Waals surface area contributed by atoms with Gasteiger partial charge in [-0.25, -0.2) is 0 Å². The van der Waals surface area contributed by atoms with Crippen molar-refractivity contribution < 1.29 is 4.92 Å². The van der Waals surface area contributed by atoms with Crippen LogP contribution in [-0.4, -0.2) is 11.0 Å². The second kappa shape index (κ2) is 3.70. The van der Waals surface area contributed by atoms with E-state index in [1.165, 1.54) is 5.39 Å². The number of benzene rings is 2. The van der Waals surface area contributed by atoms with Crippen LogP contribution in [0.2, 0.25) is 0 Å². The molecular formula is C14H11NO2. The Kier molecular flexibility index (Phi) is 2.18. The number of hydrogen-bond donors (Lipinski definition) is 0. The van der Waals surface area contributed by atoms with Crippen LogP contribution in [0.4, 0.5) is 0 Å². The van der Waals surface area contributed by atoms with Gasteiger partial charge in [0.1, 0.15) is 0 Å². The van der Waals surface area contributed by atoms with E-state index in [-0.39, 0.29) is 4.92 Å². The van der Waals surface area contributed by atoms with Gasteiger partial charge in [-0.15, -0.1) is 0 Å². The second-order valence-corrected chi connectivity index (χ2v) is 4.31. The molecule has 0 aromatic heterocycles. The van der Waals surface area contributed by atoms with Gasteiger partial charge >= 0.3 is 0 Å². The molecule has 1 aliphatic carbocycles. The lowest BCUT2D eigenvalue weighted by Gasteiger charge is -2.14. The van der Waals surface area contributed by atoms with Crippen LogP contribution in [-0.2, 0) is 6.42 Å². The van der Waals surface area contributed by atoms with E-state index < -0.39 is 6.04 Å². The van der Waals surface area contributed by atoms with Gasteiger partial charge in [-0.1, -0.05) is 36.4 Å². The van der Waals surface area contributed by atoms with Crippen molar-refractivity contribution in [2.24, 2.45) is 0 Å².